The van der Waals surface area contributed by atoms with Crippen molar-refractivity contribution in [3.05, 3.63) is 0 Å². The van der Waals surface area contributed by atoms with Crippen LogP contribution in [0.25, 0.3) is 0 Å². The summed E-state index contributed by atoms with van der Waals surface area (Å²) in [6, 6.07) is 0. The van der Waals surface area contributed by atoms with Gasteiger partial charge >= 0.3 is 0 Å². The van der Waals surface area contributed by atoms with Crippen LogP contribution in [0.5, 0.6) is 0 Å². The molecule has 0 radical (unpaired) electrons. The fraction of sp³-hybridized carbons (Fsp3) is 1.00. The molecule has 1 unspecified atom stereocenters. The van der Waals surface area contributed by atoms with Gasteiger partial charge in [-0.2, -0.15) is 0 Å². The van der Waals surface area contributed by atoms with Crippen molar-refractivity contribution in [2.75, 3.05) is 19.6 Å². The summed E-state index contributed by atoms with van der Waals surface area (Å²) in [6.45, 7) is 12.1. The summed E-state index contributed by atoms with van der Waals surface area (Å²) in [4.78, 5) is 2.43. The van der Waals surface area contributed by atoms with E-state index in [0.29, 0.717) is 17.8 Å². The Bertz CT molecular complexity index is 165. The van der Waals surface area contributed by atoms with Gasteiger partial charge in [0.2, 0.25) is 0 Å². The van der Waals surface area contributed by atoms with Crippen LogP contribution in [0.4, 0.5) is 0 Å². The Labute approximate surface area is 94.7 Å². The van der Waals surface area contributed by atoms with Gasteiger partial charge in [-0.25, -0.2) is 0 Å². The molecule has 0 aromatic heterocycles. The summed E-state index contributed by atoms with van der Waals surface area (Å²) in [7, 11) is 0. The second-order valence-electron chi connectivity index (χ2n) is 5.91. The van der Waals surface area contributed by atoms with Crippen LogP contribution in [-0.2, 0) is 0 Å². The molecule has 15 heavy (non-hydrogen) atoms. The van der Waals surface area contributed by atoms with Crippen molar-refractivity contribution in [1.29, 1.82) is 0 Å². The SMILES string of the molecule is CC(C)CN(CC(C)C)CC(O)C1CC1. The van der Waals surface area contributed by atoms with Gasteiger partial charge < -0.3 is 10.0 Å². The Morgan fingerprint density at radius 3 is 1.80 bits per heavy atom. The van der Waals surface area contributed by atoms with Crippen LogP contribution < -0.4 is 0 Å². The van der Waals surface area contributed by atoms with E-state index in [9.17, 15) is 5.11 Å². The van der Waals surface area contributed by atoms with Crippen molar-refractivity contribution < 1.29 is 5.11 Å². The molecule has 0 bridgehead atoms. The smallest absolute Gasteiger partial charge is 0.0695 e. The first kappa shape index (κ1) is 13.0. The van der Waals surface area contributed by atoms with Crippen molar-refractivity contribution in [3.63, 3.8) is 0 Å². The number of hydrogen-bond acceptors (Lipinski definition) is 2. The highest BCUT2D eigenvalue weighted by molar-refractivity contribution is 4.83. The summed E-state index contributed by atoms with van der Waals surface area (Å²) in [6.07, 6.45) is 2.39. The molecule has 2 nitrogen and oxygen atoms in total. The second-order valence-corrected chi connectivity index (χ2v) is 5.91. The summed E-state index contributed by atoms with van der Waals surface area (Å²) in [5.74, 6) is 1.98. The standard InChI is InChI=1S/C13H27NO/c1-10(2)7-14(8-11(3)4)9-13(15)12-5-6-12/h10-13,15H,5-9H2,1-4H3. The van der Waals surface area contributed by atoms with Crippen LogP contribution in [0.15, 0.2) is 0 Å². The summed E-state index contributed by atoms with van der Waals surface area (Å²) in [5, 5.41) is 9.94. The summed E-state index contributed by atoms with van der Waals surface area (Å²) in [5.41, 5.74) is 0. The van der Waals surface area contributed by atoms with Gasteiger partial charge in [0.1, 0.15) is 0 Å². The third-order valence-electron chi connectivity index (χ3n) is 2.86. The van der Waals surface area contributed by atoms with E-state index in [1.54, 1.807) is 0 Å². The highest BCUT2D eigenvalue weighted by Crippen LogP contribution is 2.32. The minimum atomic E-state index is -0.0810. The van der Waals surface area contributed by atoms with E-state index in [2.05, 4.69) is 32.6 Å². The molecule has 1 atom stereocenters. The molecule has 1 fully saturated rings. The Kier molecular flexibility index (Phi) is 5.07. The molecule has 0 heterocycles. The Morgan fingerprint density at radius 1 is 1.00 bits per heavy atom. The number of rotatable bonds is 7. The zero-order valence-electron chi connectivity index (χ0n) is 10.7. The number of hydrogen-bond donors (Lipinski definition) is 1. The average Bonchev–Trinajstić information content (AvgIpc) is 2.81. The molecule has 2 heteroatoms. The van der Waals surface area contributed by atoms with Gasteiger partial charge in [0.15, 0.2) is 0 Å². The highest BCUT2D eigenvalue weighted by atomic mass is 16.3. The zero-order chi connectivity index (χ0) is 11.4. The molecular formula is C13H27NO. The largest absolute Gasteiger partial charge is 0.392 e. The maximum Gasteiger partial charge on any atom is 0.0695 e. The third kappa shape index (κ3) is 5.53. The zero-order valence-corrected chi connectivity index (χ0v) is 10.7. The quantitative estimate of drug-likeness (QED) is 0.702. The molecule has 1 aliphatic carbocycles. The van der Waals surface area contributed by atoms with Crippen LogP contribution in [0.2, 0.25) is 0 Å². The average molecular weight is 213 g/mol. The first-order chi connectivity index (χ1) is 6.99. The number of aliphatic hydroxyl groups excluding tert-OH is 1. The topological polar surface area (TPSA) is 23.5 Å². The Balaban J connectivity index is 2.32. The number of aliphatic hydroxyl groups is 1. The van der Waals surface area contributed by atoms with Gasteiger partial charge in [-0.15, -0.1) is 0 Å². The van der Waals surface area contributed by atoms with Gasteiger partial charge in [0, 0.05) is 19.6 Å². The Hall–Kier alpha value is -0.0800. The van der Waals surface area contributed by atoms with E-state index < -0.39 is 0 Å². The number of nitrogens with zero attached hydrogens (tertiary/aromatic N) is 1. The lowest BCUT2D eigenvalue weighted by atomic mass is 10.1. The summed E-state index contributed by atoms with van der Waals surface area (Å²) >= 11 is 0. The highest BCUT2D eigenvalue weighted by Gasteiger charge is 2.30. The van der Waals surface area contributed by atoms with Crippen LogP contribution in [-0.4, -0.2) is 35.7 Å². The van der Waals surface area contributed by atoms with Gasteiger partial charge in [-0.05, 0) is 30.6 Å². The maximum absolute atomic E-state index is 9.94. The van der Waals surface area contributed by atoms with Gasteiger partial charge in [0.25, 0.3) is 0 Å². The monoisotopic (exact) mass is 213 g/mol. The molecule has 1 N–H and O–H groups in total. The van der Waals surface area contributed by atoms with Gasteiger partial charge in [-0.1, -0.05) is 27.7 Å². The molecule has 90 valence electrons. The normalized spacial score (nSPS) is 19.2. The fourth-order valence-corrected chi connectivity index (χ4v) is 2.15. The third-order valence-corrected chi connectivity index (χ3v) is 2.86. The predicted octanol–water partition coefficient (Wildman–Crippen LogP) is 2.37. The second kappa shape index (κ2) is 5.86. The molecule has 0 aromatic carbocycles. The van der Waals surface area contributed by atoms with Crippen LogP contribution >= 0.6 is 0 Å². The lowest BCUT2D eigenvalue weighted by Gasteiger charge is -2.28. The van der Waals surface area contributed by atoms with Crippen molar-refractivity contribution in [2.45, 2.75) is 46.6 Å². The lowest BCUT2D eigenvalue weighted by Crippen LogP contribution is -2.38. The predicted molar refractivity (Wildman–Crippen MR) is 64.8 cm³/mol. The minimum Gasteiger partial charge on any atom is -0.392 e. The molecule has 0 amide bonds. The van der Waals surface area contributed by atoms with E-state index in [-0.39, 0.29) is 6.10 Å². The fourth-order valence-electron chi connectivity index (χ4n) is 2.15. The van der Waals surface area contributed by atoms with E-state index in [1.165, 1.54) is 12.8 Å². The molecule has 1 aliphatic rings. The van der Waals surface area contributed by atoms with Crippen molar-refractivity contribution >= 4 is 0 Å². The van der Waals surface area contributed by atoms with E-state index >= 15 is 0 Å². The molecule has 1 saturated carbocycles. The van der Waals surface area contributed by atoms with E-state index in [4.69, 9.17) is 0 Å². The molecule has 0 aliphatic heterocycles. The molecule has 0 spiro atoms. The maximum atomic E-state index is 9.94. The van der Waals surface area contributed by atoms with Crippen LogP contribution in [0.1, 0.15) is 40.5 Å². The molecule has 1 rings (SSSR count). The summed E-state index contributed by atoms with van der Waals surface area (Å²) < 4.78 is 0. The minimum absolute atomic E-state index is 0.0810. The molecule has 0 aromatic rings. The van der Waals surface area contributed by atoms with Crippen LogP contribution in [0.3, 0.4) is 0 Å². The lowest BCUT2D eigenvalue weighted by molar-refractivity contribution is 0.0833. The van der Waals surface area contributed by atoms with Crippen LogP contribution in [0, 0.1) is 17.8 Å². The van der Waals surface area contributed by atoms with E-state index in [0.717, 1.165) is 19.6 Å². The van der Waals surface area contributed by atoms with Crippen molar-refractivity contribution in [3.8, 4) is 0 Å². The van der Waals surface area contributed by atoms with E-state index in [1.807, 2.05) is 0 Å². The molecule has 0 saturated heterocycles. The van der Waals surface area contributed by atoms with Crippen molar-refractivity contribution in [1.82, 2.24) is 4.90 Å². The first-order valence-corrected chi connectivity index (χ1v) is 6.39. The van der Waals surface area contributed by atoms with Crippen molar-refractivity contribution in [2.24, 2.45) is 17.8 Å². The van der Waals surface area contributed by atoms with Gasteiger partial charge in [-0.3, -0.25) is 0 Å². The Morgan fingerprint density at radius 2 is 1.47 bits per heavy atom. The molecular weight excluding hydrogens is 186 g/mol. The first-order valence-electron chi connectivity index (χ1n) is 6.39. The van der Waals surface area contributed by atoms with Gasteiger partial charge in [0.05, 0.1) is 6.10 Å².